The van der Waals surface area contributed by atoms with Crippen LogP contribution >= 0.6 is 0 Å². The molecule has 2 aromatic carbocycles. The fourth-order valence-electron chi connectivity index (χ4n) is 2.09. The highest BCUT2D eigenvalue weighted by Crippen LogP contribution is 2.21. The lowest BCUT2D eigenvalue weighted by atomic mass is 9.98. The van der Waals surface area contributed by atoms with Gasteiger partial charge in [-0.25, -0.2) is 0 Å². The Bertz CT molecular complexity index is 521. The lowest BCUT2D eigenvalue weighted by molar-refractivity contribution is -0.120. The van der Waals surface area contributed by atoms with Crippen LogP contribution in [0.15, 0.2) is 72.8 Å². The normalized spacial score (nSPS) is 10.9. The number of hydrogen-bond donors (Lipinski definition) is 1. The number of hydrogen-bond acceptors (Lipinski definition) is 1. The van der Waals surface area contributed by atoms with Gasteiger partial charge in [-0.15, -0.1) is 0 Å². The van der Waals surface area contributed by atoms with E-state index in [1.165, 1.54) is 0 Å². The zero-order valence-electron chi connectivity index (χ0n) is 11.6. The topological polar surface area (TPSA) is 29.1 Å². The van der Waals surface area contributed by atoms with Crippen LogP contribution in [-0.4, -0.2) is 5.91 Å². The van der Waals surface area contributed by atoms with Gasteiger partial charge < -0.3 is 5.32 Å². The van der Waals surface area contributed by atoms with Gasteiger partial charge in [-0.2, -0.15) is 0 Å². The number of allylic oxidation sites excluding steroid dienone is 1. The van der Waals surface area contributed by atoms with Crippen LogP contribution in [0.5, 0.6) is 0 Å². The molecule has 2 nitrogen and oxygen atoms in total. The average Bonchev–Trinajstić information content (AvgIpc) is 2.52. The molecular formula is C18H19NO. The van der Waals surface area contributed by atoms with Gasteiger partial charge in [0.1, 0.15) is 0 Å². The van der Waals surface area contributed by atoms with Gasteiger partial charge in [-0.05, 0) is 18.1 Å². The quantitative estimate of drug-likeness (QED) is 0.817. The maximum absolute atomic E-state index is 12.0. The Kier molecular flexibility index (Phi) is 5.13. The van der Waals surface area contributed by atoms with Crippen molar-refractivity contribution in [2.75, 3.05) is 0 Å². The molecule has 20 heavy (non-hydrogen) atoms. The summed E-state index contributed by atoms with van der Waals surface area (Å²) in [5.41, 5.74) is 2.18. The highest BCUT2D eigenvalue weighted by Gasteiger charge is 2.15. The predicted octanol–water partition coefficient (Wildman–Crippen LogP) is 3.86. The van der Waals surface area contributed by atoms with Crippen LogP contribution in [0.4, 0.5) is 0 Å². The summed E-state index contributed by atoms with van der Waals surface area (Å²) in [6.07, 6.45) is 4.16. The number of benzene rings is 2. The molecule has 0 saturated carbocycles. The van der Waals surface area contributed by atoms with Crippen LogP contribution < -0.4 is 5.32 Å². The molecule has 0 aliphatic carbocycles. The molecule has 0 heterocycles. The van der Waals surface area contributed by atoms with Crippen molar-refractivity contribution in [2.45, 2.75) is 19.4 Å². The first-order valence-corrected chi connectivity index (χ1v) is 6.81. The molecule has 0 fully saturated rings. The lowest BCUT2D eigenvalue weighted by Gasteiger charge is -2.19. The standard InChI is InChI=1S/C18H19NO/c1-2-3-14-17(20)19-18(15-10-6-4-7-11-15)16-12-8-5-9-13-16/h2-13,18H,14H2,1H3,(H,19,20)/b3-2+. The molecule has 0 atom stereocenters. The Morgan fingerprint density at radius 3 is 1.95 bits per heavy atom. The van der Waals surface area contributed by atoms with E-state index in [1.54, 1.807) is 0 Å². The Morgan fingerprint density at radius 2 is 1.50 bits per heavy atom. The molecule has 2 rings (SSSR count). The van der Waals surface area contributed by atoms with Gasteiger partial charge in [0.2, 0.25) is 5.91 Å². The van der Waals surface area contributed by atoms with E-state index in [-0.39, 0.29) is 11.9 Å². The molecule has 0 aromatic heterocycles. The number of amides is 1. The molecule has 0 aliphatic heterocycles. The third-order valence-electron chi connectivity index (χ3n) is 3.11. The van der Waals surface area contributed by atoms with E-state index in [1.807, 2.05) is 79.7 Å². The van der Waals surface area contributed by atoms with E-state index in [0.29, 0.717) is 6.42 Å². The van der Waals surface area contributed by atoms with Crippen molar-refractivity contribution in [3.8, 4) is 0 Å². The van der Waals surface area contributed by atoms with Crippen LogP contribution in [0, 0.1) is 0 Å². The Morgan fingerprint density at radius 1 is 1.00 bits per heavy atom. The first-order chi connectivity index (χ1) is 9.81. The minimum absolute atomic E-state index is 0.0285. The average molecular weight is 265 g/mol. The molecule has 1 amide bonds. The van der Waals surface area contributed by atoms with Gasteiger partial charge in [-0.1, -0.05) is 72.8 Å². The molecule has 2 aromatic rings. The first-order valence-electron chi connectivity index (χ1n) is 6.81. The van der Waals surface area contributed by atoms with Crippen LogP contribution in [0.3, 0.4) is 0 Å². The maximum atomic E-state index is 12.0. The molecule has 2 heteroatoms. The van der Waals surface area contributed by atoms with E-state index in [9.17, 15) is 4.79 Å². The van der Waals surface area contributed by atoms with Crippen molar-refractivity contribution in [3.05, 3.63) is 83.9 Å². The second-order valence-electron chi connectivity index (χ2n) is 4.60. The molecule has 0 radical (unpaired) electrons. The van der Waals surface area contributed by atoms with Gasteiger partial charge in [0, 0.05) is 6.42 Å². The van der Waals surface area contributed by atoms with Gasteiger partial charge >= 0.3 is 0 Å². The number of nitrogens with one attached hydrogen (secondary N) is 1. The van der Waals surface area contributed by atoms with Crippen LogP contribution in [0.25, 0.3) is 0 Å². The van der Waals surface area contributed by atoms with Gasteiger partial charge in [-0.3, -0.25) is 4.79 Å². The zero-order valence-corrected chi connectivity index (χ0v) is 11.6. The summed E-state index contributed by atoms with van der Waals surface area (Å²) >= 11 is 0. The van der Waals surface area contributed by atoms with Crippen molar-refractivity contribution < 1.29 is 4.79 Å². The summed E-state index contributed by atoms with van der Waals surface area (Å²) in [4.78, 5) is 12.0. The van der Waals surface area contributed by atoms with Crippen LogP contribution in [0.1, 0.15) is 30.5 Å². The Labute approximate surface area is 120 Å². The van der Waals surface area contributed by atoms with E-state index in [4.69, 9.17) is 0 Å². The minimum atomic E-state index is -0.102. The molecule has 102 valence electrons. The molecule has 0 bridgehead atoms. The van der Waals surface area contributed by atoms with Gasteiger partial charge in [0.15, 0.2) is 0 Å². The zero-order chi connectivity index (χ0) is 14.2. The van der Waals surface area contributed by atoms with E-state index in [2.05, 4.69) is 5.32 Å². The first kappa shape index (κ1) is 14.1. The summed E-state index contributed by atoms with van der Waals surface area (Å²) in [6.45, 7) is 1.92. The molecular weight excluding hydrogens is 246 g/mol. The number of carbonyl (C=O) groups is 1. The van der Waals surface area contributed by atoms with Crippen LogP contribution in [-0.2, 0) is 4.79 Å². The molecule has 0 spiro atoms. The smallest absolute Gasteiger partial charge is 0.224 e. The molecule has 0 saturated heterocycles. The van der Waals surface area contributed by atoms with Crippen molar-refractivity contribution in [3.63, 3.8) is 0 Å². The number of rotatable bonds is 5. The van der Waals surface area contributed by atoms with Crippen LogP contribution in [0.2, 0.25) is 0 Å². The Hall–Kier alpha value is -2.35. The second kappa shape index (κ2) is 7.29. The Balaban J connectivity index is 2.24. The summed E-state index contributed by atoms with van der Waals surface area (Å²) in [5, 5.41) is 3.09. The summed E-state index contributed by atoms with van der Waals surface area (Å²) in [5.74, 6) is 0.0285. The molecule has 0 aliphatic rings. The van der Waals surface area contributed by atoms with Gasteiger partial charge in [0.25, 0.3) is 0 Å². The largest absolute Gasteiger partial charge is 0.345 e. The maximum Gasteiger partial charge on any atom is 0.224 e. The third kappa shape index (κ3) is 3.82. The summed E-state index contributed by atoms with van der Waals surface area (Å²) < 4.78 is 0. The van der Waals surface area contributed by atoms with E-state index in [0.717, 1.165) is 11.1 Å². The second-order valence-corrected chi connectivity index (χ2v) is 4.60. The minimum Gasteiger partial charge on any atom is -0.345 e. The van der Waals surface area contributed by atoms with E-state index < -0.39 is 0 Å². The van der Waals surface area contributed by atoms with Crippen molar-refractivity contribution in [1.82, 2.24) is 5.32 Å². The summed E-state index contributed by atoms with van der Waals surface area (Å²) in [6, 6.07) is 20.0. The lowest BCUT2D eigenvalue weighted by Crippen LogP contribution is -2.28. The van der Waals surface area contributed by atoms with E-state index >= 15 is 0 Å². The van der Waals surface area contributed by atoms with Crippen molar-refractivity contribution in [2.24, 2.45) is 0 Å². The van der Waals surface area contributed by atoms with Crippen molar-refractivity contribution >= 4 is 5.91 Å². The fourth-order valence-corrected chi connectivity index (χ4v) is 2.09. The molecule has 0 unspecified atom stereocenters. The summed E-state index contributed by atoms with van der Waals surface area (Å²) in [7, 11) is 0. The monoisotopic (exact) mass is 265 g/mol. The van der Waals surface area contributed by atoms with Gasteiger partial charge in [0.05, 0.1) is 6.04 Å². The highest BCUT2D eigenvalue weighted by molar-refractivity contribution is 5.78. The molecule has 1 N–H and O–H groups in total. The van der Waals surface area contributed by atoms with Crippen molar-refractivity contribution in [1.29, 1.82) is 0 Å². The number of carbonyl (C=O) groups excluding carboxylic acids is 1. The highest BCUT2D eigenvalue weighted by atomic mass is 16.1. The SMILES string of the molecule is C/C=C/CC(=O)NC(c1ccccc1)c1ccccc1. The predicted molar refractivity (Wildman–Crippen MR) is 82.3 cm³/mol. The fraction of sp³-hybridized carbons (Fsp3) is 0.167. The third-order valence-corrected chi connectivity index (χ3v) is 3.11.